The molecular weight excluding hydrogens is 452 g/mol. The molecule has 1 saturated heterocycles. The summed E-state index contributed by atoms with van der Waals surface area (Å²) in [6, 6.07) is 25.6. The Morgan fingerprint density at radius 1 is 0.722 bits per heavy atom. The van der Waals surface area contributed by atoms with Crippen molar-refractivity contribution in [1.29, 1.82) is 0 Å². The molecule has 0 radical (unpaired) electrons. The Bertz CT molecular complexity index is 1230. The Morgan fingerprint density at radius 2 is 1.25 bits per heavy atom. The first-order valence-corrected chi connectivity index (χ1v) is 12.0. The highest BCUT2D eigenvalue weighted by Crippen LogP contribution is 2.23. The van der Waals surface area contributed by atoms with Crippen LogP contribution in [-0.2, 0) is 9.59 Å². The number of piperazine rings is 1. The third-order valence-corrected chi connectivity index (χ3v) is 6.14. The van der Waals surface area contributed by atoms with Gasteiger partial charge in [-0.05, 0) is 49.8 Å². The maximum absolute atomic E-state index is 13.2. The van der Waals surface area contributed by atoms with E-state index in [0.717, 1.165) is 5.56 Å². The average Bonchev–Trinajstić information content (AvgIpc) is 2.92. The summed E-state index contributed by atoms with van der Waals surface area (Å²) in [6.07, 6.45) is 3.38. The average molecular weight is 483 g/mol. The lowest BCUT2D eigenvalue weighted by Gasteiger charge is -2.38. The van der Waals surface area contributed by atoms with Crippen LogP contribution in [0.2, 0.25) is 0 Å². The summed E-state index contributed by atoms with van der Waals surface area (Å²) in [6.45, 7) is 5.30. The van der Waals surface area contributed by atoms with Crippen LogP contribution >= 0.6 is 0 Å². The molecule has 1 aliphatic rings. The molecule has 6 nitrogen and oxygen atoms in total. The fourth-order valence-electron chi connectivity index (χ4n) is 4.12. The lowest BCUT2D eigenvalue weighted by Crippen LogP contribution is -2.56. The van der Waals surface area contributed by atoms with Crippen molar-refractivity contribution >= 4 is 23.7 Å². The number of nitrogens with zero attached hydrogens (tertiary/aromatic N) is 2. The summed E-state index contributed by atoms with van der Waals surface area (Å²) in [5.41, 5.74) is 1.05. The van der Waals surface area contributed by atoms with Crippen LogP contribution in [0.15, 0.2) is 91.0 Å². The summed E-state index contributed by atoms with van der Waals surface area (Å²) >= 11 is 0. The number of hydrogen-bond donors (Lipinski definition) is 0. The first kappa shape index (κ1) is 24.9. The van der Waals surface area contributed by atoms with Crippen LogP contribution in [0.5, 0.6) is 5.75 Å². The number of ketones is 1. The molecule has 0 N–H and O–H groups in total. The van der Waals surface area contributed by atoms with Crippen LogP contribution in [0, 0.1) is 0 Å². The minimum Gasteiger partial charge on any atom is -0.478 e. The molecule has 0 aliphatic carbocycles. The van der Waals surface area contributed by atoms with Gasteiger partial charge in [0, 0.05) is 43.4 Å². The van der Waals surface area contributed by atoms with Gasteiger partial charge in [0.05, 0.1) is 0 Å². The number of carbonyl (C=O) groups excluding carboxylic acids is 3. The van der Waals surface area contributed by atoms with Gasteiger partial charge in [0.2, 0.25) is 5.91 Å². The second-order valence-corrected chi connectivity index (χ2v) is 9.19. The lowest BCUT2D eigenvalue weighted by atomic mass is 10.0. The molecule has 0 atom stereocenters. The molecule has 0 saturated carbocycles. The summed E-state index contributed by atoms with van der Waals surface area (Å²) < 4.78 is 6.02. The van der Waals surface area contributed by atoms with E-state index in [2.05, 4.69) is 0 Å². The molecule has 36 heavy (non-hydrogen) atoms. The zero-order valence-corrected chi connectivity index (χ0v) is 20.6. The van der Waals surface area contributed by atoms with Gasteiger partial charge in [-0.25, -0.2) is 0 Å². The fraction of sp³-hybridized carbons (Fsp3) is 0.233. The Balaban J connectivity index is 1.31. The van der Waals surface area contributed by atoms with Crippen LogP contribution in [0.25, 0.3) is 6.08 Å². The molecule has 1 heterocycles. The Hall–Kier alpha value is -4.19. The molecule has 4 rings (SSSR count). The van der Waals surface area contributed by atoms with Gasteiger partial charge >= 0.3 is 0 Å². The minimum absolute atomic E-state index is 0.0633. The molecule has 1 aliphatic heterocycles. The predicted octanol–water partition coefficient (Wildman–Crippen LogP) is 4.46. The van der Waals surface area contributed by atoms with Gasteiger partial charge in [0.15, 0.2) is 11.4 Å². The van der Waals surface area contributed by atoms with Crippen molar-refractivity contribution in [3.8, 4) is 5.75 Å². The van der Waals surface area contributed by atoms with Gasteiger partial charge < -0.3 is 14.5 Å². The predicted molar refractivity (Wildman–Crippen MR) is 140 cm³/mol. The van der Waals surface area contributed by atoms with Crippen LogP contribution in [0.3, 0.4) is 0 Å². The van der Waals surface area contributed by atoms with E-state index >= 15 is 0 Å². The number of rotatable bonds is 7. The number of ether oxygens (including phenoxy) is 1. The normalized spacial score (nSPS) is 14.1. The smallest absolute Gasteiger partial charge is 0.266 e. The largest absolute Gasteiger partial charge is 0.478 e. The third-order valence-electron chi connectivity index (χ3n) is 6.14. The Kier molecular flexibility index (Phi) is 7.64. The van der Waals surface area contributed by atoms with Gasteiger partial charge in [-0.15, -0.1) is 0 Å². The van der Waals surface area contributed by atoms with Crippen molar-refractivity contribution in [2.24, 2.45) is 0 Å². The highest BCUT2D eigenvalue weighted by atomic mass is 16.5. The van der Waals surface area contributed by atoms with E-state index < -0.39 is 5.60 Å². The standard InChI is InChI=1S/C30H30N2O4/c1-30(2,36-26-16-14-25(15-17-26)28(34)24-11-7-4-8-12-24)29(35)32-21-19-31(20-22-32)27(33)18-13-23-9-5-3-6-10-23/h3-18H,19-22H2,1-2H3/b18-13+. The zero-order valence-electron chi connectivity index (χ0n) is 20.6. The van der Waals surface area contributed by atoms with Crippen molar-refractivity contribution in [1.82, 2.24) is 9.80 Å². The molecule has 2 amide bonds. The quantitative estimate of drug-likeness (QED) is 0.368. The monoisotopic (exact) mass is 482 g/mol. The van der Waals surface area contributed by atoms with Gasteiger partial charge in [0.1, 0.15) is 5.75 Å². The van der Waals surface area contributed by atoms with Crippen molar-refractivity contribution in [3.05, 3.63) is 108 Å². The first-order valence-electron chi connectivity index (χ1n) is 12.0. The van der Waals surface area contributed by atoms with Crippen molar-refractivity contribution in [2.75, 3.05) is 26.2 Å². The molecule has 6 heteroatoms. The number of benzene rings is 3. The molecule has 184 valence electrons. The van der Waals surface area contributed by atoms with Gasteiger partial charge in [-0.3, -0.25) is 14.4 Å². The highest BCUT2D eigenvalue weighted by Gasteiger charge is 2.36. The zero-order chi connectivity index (χ0) is 25.5. The molecule has 0 bridgehead atoms. The topological polar surface area (TPSA) is 66.9 Å². The van der Waals surface area contributed by atoms with Crippen molar-refractivity contribution in [3.63, 3.8) is 0 Å². The number of carbonyl (C=O) groups is 3. The van der Waals surface area contributed by atoms with E-state index in [-0.39, 0.29) is 17.6 Å². The van der Waals surface area contributed by atoms with E-state index in [1.165, 1.54) is 0 Å². The lowest BCUT2D eigenvalue weighted by molar-refractivity contribution is -0.149. The summed E-state index contributed by atoms with van der Waals surface area (Å²) in [7, 11) is 0. The van der Waals surface area contributed by atoms with E-state index in [9.17, 15) is 14.4 Å². The van der Waals surface area contributed by atoms with Gasteiger partial charge in [0.25, 0.3) is 5.91 Å². The highest BCUT2D eigenvalue weighted by molar-refractivity contribution is 6.09. The number of hydrogen-bond acceptors (Lipinski definition) is 4. The van der Waals surface area contributed by atoms with E-state index in [0.29, 0.717) is 43.1 Å². The van der Waals surface area contributed by atoms with E-state index in [1.54, 1.807) is 72.2 Å². The minimum atomic E-state index is -1.09. The molecule has 3 aromatic carbocycles. The van der Waals surface area contributed by atoms with E-state index in [4.69, 9.17) is 4.74 Å². The van der Waals surface area contributed by atoms with Crippen LogP contribution < -0.4 is 4.74 Å². The SMILES string of the molecule is CC(C)(Oc1ccc(C(=O)c2ccccc2)cc1)C(=O)N1CCN(C(=O)/C=C/c2ccccc2)CC1. The number of amides is 2. The molecule has 0 spiro atoms. The van der Waals surface area contributed by atoms with Crippen LogP contribution in [0.4, 0.5) is 0 Å². The molecule has 3 aromatic rings. The molecule has 1 fully saturated rings. The summed E-state index contributed by atoms with van der Waals surface area (Å²) in [5.74, 6) is 0.242. The van der Waals surface area contributed by atoms with E-state index in [1.807, 2.05) is 48.5 Å². The molecular formula is C30H30N2O4. The Morgan fingerprint density at radius 3 is 1.86 bits per heavy atom. The second-order valence-electron chi connectivity index (χ2n) is 9.19. The maximum atomic E-state index is 13.2. The molecule has 0 aromatic heterocycles. The molecule has 0 unspecified atom stereocenters. The van der Waals surface area contributed by atoms with Crippen LogP contribution in [-0.4, -0.2) is 59.2 Å². The Labute approximate surface area is 211 Å². The summed E-state index contributed by atoms with van der Waals surface area (Å²) in [4.78, 5) is 41.8. The summed E-state index contributed by atoms with van der Waals surface area (Å²) in [5, 5.41) is 0. The third kappa shape index (κ3) is 6.08. The van der Waals surface area contributed by atoms with Crippen LogP contribution in [0.1, 0.15) is 35.3 Å². The van der Waals surface area contributed by atoms with Gasteiger partial charge in [-0.1, -0.05) is 60.7 Å². The van der Waals surface area contributed by atoms with Crippen molar-refractivity contribution < 1.29 is 19.1 Å². The fourth-order valence-corrected chi connectivity index (χ4v) is 4.12. The first-order chi connectivity index (χ1) is 17.3. The second kappa shape index (κ2) is 11.0. The maximum Gasteiger partial charge on any atom is 0.266 e. The van der Waals surface area contributed by atoms with Crippen molar-refractivity contribution in [2.45, 2.75) is 19.4 Å². The van der Waals surface area contributed by atoms with Gasteiger partial charge in [-0.2, -0.15) is 0 Å².